The van der Waals surface area contributed by atoms with Crippen molar-refractivity contribution in [2.75, 3.05) is 13.1 Å². The fraction of sp³-hybridized carbons (Fsp3) is 0.636. The van der Waals surface area contributed by atoms with Crippen LogP contribution in [0.4, 0.5) is 0 Å². The van der Waals surface area contributed by atoms with E-state index >= 15 is 0 Å². The maximum Gasteiger partial charge on any atom is 0.347 e. The van der Waals surface area contributed by atoms with Crippen LogP contribution in [0, 0.1) is 5.92 Å². The third-order valence-electron chi connectivity index (χ3n) is 3.00. The van der Waals surface area contributed by atoms with E-state index in [9.17, 15) is 4.79 Å². The highest BCUT2D eigenvalue weighted by atomic mass is 35.5. The molecule has 0 aliphatic carbocycles. The average Bonchev–Trinajstić information content (AvgIpc) is 2.32. The highest BCUT2D eigenvalue weighted by molar-refractivity contribution is 6.30. The molecule has 5 heteroatoms. The number of aryl methyl sites for hydroxylation is 1. The molecule has 1 atom stereocenters. The molecule has 1 aliphatic rings. The number of hydrogen-bond acceptors (Lipinski definition) is 3. The van der Waals surface area contributed by atoms with Gasteiger partial charge in [-0.3, -0.25) is 4.57 Å². The summed E-state index contributed by atoms with van der Waals surface area (Å²) in [6, 6.07) is 0. The molecule has 0 spiro atoms. The lowest BCUT2D eigenvalue weighted by Gasteiger charge is -2.22. The first-order valence-electron chi connectivity index (χ1n) is 5.68. The summed E-state index contributed by atoms with van der Waals surface area (Å²) in [5, 5.41) is 3.88. The van der Waals surface area contributed by atoms with Crippen molar-refractivity contribution in [1.29, 1.82) is 0 Å². The van der Waals surface area contributed by atoms with Crippen LogP contribution in [0.2, 0.25) is 5.02 Å². The van der Waals surface area contributed by atoms with Crippen LogP contribution in [0.3, 0.4) is 0 Å². The zero-order chi connectivity index (χ0) is 11.4. The van der Waals surface area contributed by atoms with Crippen LogP contribution in [0.25, 0.3) is 0 Å². The van der Waals surface area contributed by atoms with E-state index in [1.165, 1.54) is 19.0 Å². The van der Waals surface area contributed by atoms with Gasteiger partial charge in [0.25, 0.3) is 0 Å². The Kier molecular flexibility index (Phi) is 3.96. The molecule has 0 bridgehead atoms. The normalized spacial score (nSPS) is 20.9. The number of hydrogen-bond donors (Lipinski definition) is 1. The second-order valence-corrected chi connectivity index (χ2v) is 4.69. The lowest BCUT2D eigenvalue weighted by Crippen LogP contribution is -2.31. The summed E-state index contributed by atoms with van der Waals surface area (Å²) in [4.78, 5) is 15.1. The number of nitrogens with one attached hydrogen (secondary N) is 1. The lowest BCUT2D eigenvalue weighted by molar-refractivity contribution is 0.339. The van der Waals surface area contributed by atoms with Crippen LogP contribution < -0.4 is 11.0 Å². The molecule has 0 saturated carbocycles. The largest absolute Gasteiger partial charge is 0.347 e. The van der Waals surface area contributed by atoms with Gasteiger partial charge in [0.15, 0.2) is 0 Å². The van der Waals surface area contributed by atoms with E-state index in [2.05, 4.69) is 10.3 Å². The minimum Gasteiger partial charge on any atom is -0.316 e. The summed E-state index contributed by atoms with van der Waals surface area (Å²) in [6.45, 7) is 2.89. The summed E-state index contributed by atoms with van der Waals surface area (Å²) in [5.41, 5.74) is -0.215. The quantitative estimate of drug-likeness (QED) is 0.868. The first kappa shape index (κ1) is 11.6. The van der Waals surface area contributed by atoms with Crippen molar-refractivity contribution in [3.05, 3.63) is 27.9 Å². The van der Waals surface area contributed by atoms with Crippen LogP contribution in [0.1, 0.15) is 19.3 Å². The van der Waals surface area contributed by atoms with Gasteiger partial charge in [0.05, 0.1) is 11.2 Å². The fourth-order valence-corrected chi connectivity index (χ4v) is 2.25. The Morgan fingerprint density at radius 2 is 2.50 bits per heavy atom. The summed E-state index contributed by atoms with van der Waals surface area (Å²) in [5.74, 6) is 0.666. The van der Waals surface area contributed by atoms with Gasteiger partial charge in [-0.15, -0.1) is 0 Å². The molecule has 4 nitrogen and oxygen atoms in total. The van der Waals surface area contributed by atoms with Crippen molar-refractivity contribution in [3.63, 3.8) is 0 Å². The Labute approximate surface area is 99.6 Å². The van der Waals surface area contributed by atoms with Crippen molar-refractivity contribution >= 4 is 11.6 Å². The van der Waals surface area contributed by atoms with E-state index < -0.39 is 0 Å². The number of nitrogens with zero attached hydrogens (tertiary/aromatic N) is 2. The van der Waals surface area contributed by atoms with E-state index in [1.807, 2.05) is 0 Å². The Hall–Kier alpha value is -0.870. The number of halogens is 1. The van der Waals surface area contributed by atoms with Gasteiger partial charge in [-0.2, -0.15) is 0 Å². The van der Waals surface area contributed by atoms with Crippen LogP contribution in [-0.4, -0.2) is 22.6 Å². The van der Waals surface area contributed by atoms with E-state index in [-0.39, 0.29) is 5.69 Å². The Balaban J connectivity index is 1.93. The zero-order valence-electron chi connectivity index (χ0n) is 9.16. The highest BCUT2D eigenvalue weighted by Gasteiger charge is 2.12. The Bertz CT molecular complexity index is 398. The van der Waals surface area contributed by atoms with Crippen LogP contribution in [0.5, 0.6) is 0 Å². The molecule has 2 rings (SSSR count). The molecule has 1 fully saturated rings. The average molecular weight is 242 g/mol. The van der Waals surface area contributed by atoms with Gasteiger partial charge in [-0.25, -0.2) is 9.78 Å². The monoisotopic (exact) mass is 241 g/mol. The van der Waals surface area contributed by atoms with E-state index in [4.69, 9.17) is 11.6 Å². The molecule has 1 aromatic rings. The summed E-state index contributed by atoms with van der Waals surface area (Å²) >= 11 is 5.80. The second kappa shape index (κ2) is 5.46. The predicted molar refractivity (Wildman–Crippen MR) is 63.7 cm³/mol. The standard InChI is InChI=1S/C11H16ClN3O/c12-10-7-14-11(16)15(8-10)5-3-9-2-1-4-13-6-9/h7-9,13H,1-6H2. The molecule has 1 saturated heterocycles. The number of rotatable bonds is 3. The molecule has 0 radical (unpaired) electrons. The van der Waals surface area contributed by atoms with Gasteiger partial charge >= 0.3 is 5.69 Å². The second-order valence-electron chi connectivity index (χ2n) is 4.25. The van der Waals surface area contributed by atoms with Gasteiger partial charge in [-0.05, 0) is 38.3 Å². The van der Waals surface area contributed by atoms with Crippen molar-refractivity contribution in [2.24, 2.45) is 5.92 Å². The first-order chi connectivity index (χ1) is 7.75. The van der Waals surface area contributed by atoms with Crippen molar-refractivity contribution in [1.82, 2.24) is 14.9 Å². The van der Waals surface area contributed by atoms with Gasteiger partial charge in [0, 0.05) is 12.7 Å². The summed E-state index contributed by atoms with van der Waals surface area (Å²) < 4.78 is 1.59. The molecule has 1 N–H and O–H groups in total. The lowest BCUT2D eigenvalue weighted by atomic mass is 9.96. The third kappa shape index (κ3) is 3.06. The minimum absolute atomic E-state index is 0.215. The van der Waals surface area contributed by atoms with Gasteiger partial charge in [-0.1, -0.05) is 11.6 Å². The SMILES string of the molecule is O=c1ncc(Cl)cn1CCC1CCCNC1. The maximum atomic E-state index is 11.4. The molecule has 0 amide bonds. The number of piperidine rings is 1. The summed E-state index contributed by atoms with van der Waals surface area (Å²) in [7, 11) is 0. The van der Waals surface area contributed by atoms with Crippen molar-refractivity contribution in [2.45, 2.75) is 25.8 Å². The van der Waals surface area contributed by atoms with Gasteiger partial charge < -0.3 is 5.32 Å². The van der Waals surface area contributed by atoms with Crippen LogP contribution in [0.15, 0.2) is 17.2 Å². The smallest absolute Gasteiger partial charge is 0.316 e. The molecule has 1 unspecified atom stereocenters. The van der Waals surface area contributed by atoms with Crippen molar-refractivity contribution < 1.29 is 0 Å². The molecule has 88 valence electrons. The maximum absolute atomic E-state index is 11.4. The summed E-state index contributed by atoms with van der Waals surface area (Å²) in [6.07, 6.45) is 6.54. The minimum atomic E-state index is -0.215. The molecule has 0 aromatic carbocycles. The molecule has 2 heterocycles. The predicted octanol–water partition coefficient (Wildman–Crippen LogP) is 1.29. The Morgan fingerprint density at radius 1 is 1.62 bits per heavy atom. The topological polar surface area (TPSA) is 46.9 Å². The van der Waals surface area contributed by atoms with E-state index in [0.29, 0.717) is 17.5 Å². The van der Waals surface area contributed by atoms with Gasteiger partial charge in [0.2, 0.25) is 0 Å². The highest BCUT2D eigenvalue weighted by Crippen LogP contribution is 2.14. The molecular weight excluding hydrogens is 226 g/mol. The van der Waals surface area contributed by atoms with Crippen LogP contribution in [-0.2, 0) is 6.54 Å². The molecule has 1 aliphatic heterocycles. The van der Waals surface area contributed by atoms with Gasteiger partial charge in [0.1, 0.15) is 0 Å². The van der Waals surface area contributed by atoms with E-state index in [0.717, 1.165) is 19.5 Å². The van der Waals surface area contributed by atoms with Crippen molar-refractivity contribution in [3.8, 4) is 0 Å². The fourth-order valence-electron chi connectivity index (χ4n) is 2.08. The zero-order valence-corrected chi connectivity index (χ0v) is 9.91. The molecule has 1 aromatic heterocycles. The van der Waals surface area contributed by atoms with Crippen LogP contribution >= 0.6 is 11.6 Å². The third-order valence-corrected chi connectivity index (χ3v) is 3.20. The first-order valence-corrected chi connectivity index (χ1v) is 6.06. The van der Waals surface area contributed by atoms with E-state index in [1.54, 1.807) is 10.8 Å². The molecular formula is C11H16ClN3O. The number of aromatic nitrogens is 2. The Morgan fingerprint density at radius 3 is 3.25 bits per heavy atom. The molecule has 16 heavy (non-hydrogen) atoms.